The predicted molar refractivity (Wildman–Crippen MR) is 108 cm³/mol. The zero-order valence-electron chi connectivity index (χ0n) is 15.9. The van der Waals surface area contributed by atoms with Crippen molar-refractivity contribution in [2.45, 2.75) is 17.9 Å². The minimum Gasteiger partial charge on any atom is -0.497 e. The van der Waals surface area contributed by atoms with Crippen LogP contribution in [0, 0.1) is 0 Å². The first kappa shape index (κ1) is 21.7. The largest absolute Gasteiger partial charge is 0.497 e. The first-order valence-corrected chi connectivity index (χ1v) is 9.84. The Morgan fingerprint density at radius 3 is 2.53 bits per heavy atom. The van der Waals surface area contributed by atoms with Crippen molar-refractivity contribution >= 4 is 28.6 Å². The van der Waals surface area contributed by atoms with Gasteiger partial charge in [-0.3, -0.25) is 14.2 Å². The third kappa shape index (κ3) is 5.53. The van der Waals surface area contributed by atoms with Crippen molar-refractivity contribution in [1.29, 1.82) is 0 Å². The molecule has 6 nitrogen and oxygen atoms in total. The highest BCUT2D eigenvalue weighted by Gasteiger charge is 2.27. The summed E-state index contributed by atoms with van der Waals surface area (Å²) in [7, 11) is 1.55. The minimum absolute atomic E-state index is 0.188. The number of aromatic nitrogens is 2. The minimum atomic E-state index is -4.49. The average Bonchev–Trinajstić information content (AvgIpc) is 2.73. The number of rotatable bonds is 7. The van der Waals surface area contributed by atoms with Gasteiger partial charge in [0.25, 0.3) is 5.56 Å². The van der Waals surface area contributed by atoms with E-state index in [1.165, 1.54) is 4.57 Å². The predicted octanol–water partition coefficient (Wildman–Crippen LogP) is 3.22. The molecule has 1 aromatic heterocycles. The molecule has 0 fully saturated rings. The lowest BCUT2D eigenvalue weighted by molar-refractivity contribution is -0.136. The van der Waals surface area contributed by atoms with Gasteiger partial charge in [-0.05, 0) is 29.8 Å². The van der Waals surface area contributed by atoms with Crippen LogP contribution in [0.4, 0.5) is 13.2 Å². The lowest BCUT2D eigenvalue weighted by atomic mass is 10.2. The molecule has 3 aromatic rings. The fourth-order valence-electron chi connectivity index (χ4n) is 2.69. The number of methoxy groups -OCH3 is 1. The molecule has 10 heteroatoms. The Morgan fingerprint density at radius 2 is 1.87 bits per heavy atom. The van der Waals surface area contributed by atoms with Crippen LogP contribution in [-0.4, -0.2) is 41.0 Å². The maximum Gasteiger partial charge on any atom is 0.405 e. The molecule has 0 radical (unpaired) electrons. The average molecular weight is 437 g/mol. The van der Waals surface area contributed by atoms with Crippen LogP contribution in [-0.2, 0) is 11.3 Å². The maximum absolute atomic E-state index is 13.0. The Balaban J connectivity index is 1.88. The van der Waals surface area contributed by atoms with Crippen molar-refractivity contribution in [3.05, 3.63) is 64.4 Å². The number of thioether (sulfide) groups is 1. The molecule has 30 heavy (non-hydrogen) atoms. The van der Waals surface area contributed by atoms with E-state index in [0.29, 0.717) is 16.7 Å². The summed E-state index contributed by atoms with van der Waals surface area (Å²) in [6.07, 6.45) is -4.49. The van der Waals surface area contributed by atoms with E-state index in [2.05, 4.69) is 4.98 Å². The highest BCUT2D eigenvalue weighted by molar-refractivity contribution is 7.99. The van der Waals surface area contributed by atoms with Gasteiger partial charge in [0.15, 0.2) is 5.16 Å². The van der Waals surface area contributed by atoms with Gasteiger partial charge in [0.1, 0.15) is 12.3 Å². The van der Waals surface area contributed by atoms with E-state index in [4.69, 9.17) is 4.74 Å². The van der Waals surface area contributed by atoms with E-state index >= 15 is 0 Å². The van der Waals surface area contributed by atoms with Crippen LogP contribution in [0.1, 0.15) is 5.56 Å². The second-order valence-electron chi connectivity index (χ2n) is 6.33. The summed E-state index contributed by atoms with van der Waals surface area (Å²) >= 11 is 0.909. The van der Waals surface area contributed by atoms with E-state index < -0.39 is 18.6 Å². The molecular formula is C20H18F3N3O3S. The third-order valence-electron chi connectivity index (χ3n) is 4.14. The number of benzene rings is 2. The van der Waals surface area contributed by atoms with Crippen molar-refractivity contribution in [1.82, 2.24) is 14.9 Å². The third-order valence-corrected chi connectivity index (χ3v) is 5.12. The molecule has 0 saturated carbocycles. The Morgan fingerprint density at radius 1 is 1.17 bits per heavy atom. The van der Waals surface area contributed by atoms with E-state index in [-0.39, 0.29) is 23.0 Å². The lowest BCUT2D eigenvalue weighted by Gasteiger charge is -2.14. The Kier molecular flexibility index (Phi) is 6.66. The lowest BCUT2D eigenvalue weighted by Crippen LogP contribution is -2.35. The number of nitrogens with zero attached hydrogens (tertiary/aromatic N) is 2. The molecule has 158 valence electrons. The maximum atomic E-state index is 13.0. The number of carbonyl (C=O) groups excluding carboxylic acids is 1. The first-order valence-electron chi connectivity index (χ1n) is 8.85. The highest BCUT2D eigenvalue weighted by atomic mass is 32.2. The van der Waals surface area contributed by atoms with E-state index in [0.717, 1.165) is 17.3 Å². The number of fused-ring (bicyclic) bond motifs is 1. The monoisotopic (exact) mass is 437 g/mol. The van der Waals surface area contributed by atoms with Gasteiger partial charge in [-0.15, -0.1) is 0 Å². The smallest absolute Gasteiger partial charge is 0.405 e. The second kappa shape index (κ2) is 9.21. The number of amides is 1. The molecule has 1 heterocycles. The van der Waals surface area contributed by atoms with Crippen LogP contribution in [0.25, 0.3) is 10.9 Å². The molecule has 0 atom stereocenters. The zero-order chi connectivity index (χ0) is 21.7. The molecule has 1 amide bonds. The van der Waals surface area contributed by atoms with Crippen molar-refractivity contribution in [3.8, 4) is 5.75 Å². The Bertz CT molecular complexity index is 1100. The molecule has 0 aliphatic rings. The van der Waals surface area contributed by atoms with E-state index in [9.17, 15) is 22.8 Å². The molecule has 1 N–H and O–H groups in total. The number of hydrogen-bond acceptors (Lipinski definition) is 5. The molecule has 0 saturated heterocycles. The van der Waals surface area contributed by atoms with Gasteiger partial charge in [-0.1, -0.05) is 36.0 Å². The number of nitrogens with one attached hydrogen (secondary N) is 1. The van der Waals surface area contributed by atoms with Crippen LogP contribution < -0.4 is 15.6 Å². The number of ether oxygens (including phenoxy) is 1. The van der Waals surface area contributed by atoms with Crippen molar-refractivity contribution < 1.29 is 22.7 Å². The summed E-state index contributed by atoms with van der Waals surface area (Å²) < 4.78 is 43.4. The van der Waals surface area contributed by atoms with Crippen LogP contribution in [0.3, 0.4) is 0 Å². The summed E-state index contributed by atoms with van der Waals surface area (Å²) in [4.78, 5) is 29.3. The van der Waals surface area contributed by atoms with E-state index in [1.54, 1.807) is 55.6 Å². The van der Waals surface area contributed by atoms with E-state index in [1.807, 2.05) is 5.32 Å². The Hall–Kier alpha value is -3.01. The van der Waals surface area contributed by atoms with Gasteiger partial charge in [-0.2, -0.15) is 13.2 Å². The number of alkyl halides is 3. The number of carbonyl (C=O) groups is 1. The van der Waals surface area contributed by atoms with Crippen molar-refractivity contribution in [3.63, 3.8) is 0 Å². The molecule has 0 unspecified atom stereocenters. The normalized spacial score (nSPS) is 11.5. The topological polar surface area (TPSA) is 73.2 Å². The highest BCUT2D eigenvalue weighted by Crippen LogP contribution is 2.20. The molecule has 0 spiro atoms. The quantitative estimate of drug-likeness (QED) is 0.454. The summed E-state index contributed by atoms with van der Waals surface area (Å²) in [5.74, 6) is -0.432. The van der Waals surface area contributed by atoms with Crippen LogP contribution >= 0.6 is 11.8 Å². The molecule has 0 aliphatic heterocycles. The van der Waals surface area contributed by atoms with Crippen LogP contribution in [0.5, 0.6) is 5.75 Å². The summed E-state index contributed by atoms with van der Waals surface area (Å²) in [6.45, 7) is -1.22. The van der Waals surface area contributed by atoms with Crippen LogP contribution in [0.15, 0.2) is 58.5 Å². The SMILES string of the molecule is COc1ccc(Cn2c(SCC(=O)NCC(F)(F)F)nc3ccccc3c2=O)cc1. The molecule has 0 bridgehead atoms. The fraction of sp³-hybridized carbons (Fsp3) is 0.250. The van der Waals surface area contributed by atoms with Gasteiger partial charge in [-0.25, -0.2) is 4.98 Å². The fourth-order valence-corrected chi connectivity index (χ4v) is 3.52. The van der Waals surface area contributed by atoms with Gasteiger partial charge in [0, 0.05) is 0 Å². The molecule has 3 rings (SSSR count). The van der Waals surface area contributed by atoms with Gasteiger partial charge >= 0.3 is 6.18 Å². The summed E-state index contributed by atoms with van der Waals surface area (Å²) in [5.41, 5.74) is 0.958. The van der Waals surface area contributed by atoms with Crippen LogP contribution in [0.2, 0.25) is 0 Å². The number of hydrogen-bond donors (Lipinski definition) is 1. The first-order chi connectivity index (χ1) is 14.3. The van der Waals surface area contributed by atoms with Crippen molar-refractivity contribution in [2.24, 2.45) is 0 Å². The Labute approximate surface area is 174 Å². The van der Waals surface area contributed by atoms with Gasteiger partial charge in [0.05, 0.1) is 30.3 Å². The second-order valence-corrected chi connectivity index (χ2v) is 7.27. The molecule has 2 aromatic carbocycles. The number of para-hydroxylation sites is 1. The summed E-state index contributed by atoms with van der Waals surface area (Å²) in [5, 5.41) is 2.47. The van der Waals surface area contributed by atoms with Crippen molar-refractivity contribution in [2.75, 3.05) is 19.4 Å². The van der Waals surface area contributed by atoms with Gasteiger partial charge < -0.3 is 10.1 Å². The molecule has 0 aliphatic carbocycles. The zero-order valence-corrected chi connectivity index (χ0v) is 16.7. The standard InChI is InChI=1S/C20H18F3N3O3S/c1-29-14-8-6-13(7-9-14)10-26-18(28)15-4-2-3-5-16(15)25-19(26)30-11-17(27)24-12-20(21,22)23/h2-9H,10-12H2,1H3,(H,24,27). The van der Waals surface area contributed by atoms with Gasteiger partial charge in [0.2, 0.25) is 5.91 Å². The summed E-state index contributed by atoms with van der Waals surface area (Å²) in [6, 6.07) is 13.9. The number of halogens is 3. The molecular weight excluding hydrogens is 419 g/mol.